The highest BCUT2D eigenvalue weighted by molar-refractivity contribution is 6.30. The van der Waals surface area contributed by atoms with E-state index in [1.165, 1.54) is 0 Å². The molecule has 37 heavy (non-hydrogen) atoms. The smallest absolute Gasteiger partial charge is 0.194 e. The number of β-amino-alcohol motifs (C(OH)–C–C–N with tert-alkyl or cyclic N) is 1. The van der Waals surface area contributed by atoms with E-state index >= 15 is 0 Å². The number of nitrogens with zero attached hydrogens (tertiary/aromatic N) is 1. The van der Waals surface area contributed by atoms with Gasteiger partial charge in [0.2, 0.25) is 0 Å². The van der Waals surface area contributed by atoms with E-state index in [-0.39, 0.29) is 31.9 Å². The SMILES string of the molecule is OCC(O)CN1CCC(OCc2ccccc2)(c2ccc(Cl)cc2)C(OCc2ccc(F)c(F)c2F)C1. The van der Waals surface area contributed by atoms with Crippen LogP contribution in [0.3, 0.4) is 0 Å². The lowest BCUT2D eigenvalue weighted by Gasteiger charge is -2.48. The summed E-state index contributed by atoms with van der Waals surface area (Å²) in [6.07, 6.45) is -1.19. The van der Waals surface area contributed by atoms with Gasteiger partial charge in [-0.05, 0) is 35.7 Å². The zero-order chi connectivity index (χ0) is 26.4. The molecule has 0 spiro atoms. The molecular weight excluding hydrogens is 507 g/mol. The quantitative estimate of drug-likeness (QED) is 0.365. The number of rotatable bonds is 10. The Kier molecular flexibility index (Phi) is 9.23. The molecule has 1 fully saturated rings. The van der Waals surface area contributed by atoms with Gasteiger partial charge in [-0.15, -0.1) is 0 Å². The fourth-order valence-electron chi connectivity index (χ4n) is 4.63. The maximum Gasteiger partial charge on any atom is 0.194 e. The predicted molar refractivity (Wildman–Crippen MR) is 133 cm³/mol. The van der Waals surface area contributed by atoms with Crippen LogP contribution in [0.5, 0.6) is 0 Å². The van der Waals surface area contributed by atoms with E-state index in [1.54, 1.807) is 12.1 Å². The van der Waals surface area contributed by atoms with Crippen molar-refractivity contribution in [2.24, 2.45) is 0 Å². The number of aliphatic hydroxyl groups is 2. The monoisotopic (exact) mass is 535 g/mol. The van der Waals surface area contributed by atoms with Gasteiger partial charge in [0.25, 0.3) is 0 Å². The van der Waals surface area contributed by atoms with Crippen LogP contribution < -0.4 is 0 Å². The van der Waals surface area contributed by atoms with Crippen LogP contribution >= 0.6 is 11.6 Å². The molecule has 3 aromatic carbocycles. The normalized spacial score (nSPS) is 21.2. The molecule has 3 unspecified atom stereocenters. The lowest BCUT2D eigenvalue weighted by Crippen LogP contribution is -2.57. The number of hydrogen-bond acceptors (Lipinski definition) is 5. The molecule has 9 heteroatoms. The number of halogens is 4. The van der Waals surface area contributed by atoms with Gasteiger partial charge in [0.1, 0.15) is 11.7 Å². The number of hydrogen-bond donors (Lipinski definition) is 2. The van der Waals surface area contributed by atoms with Gasteiger partial charge in [0.05, 0.1) is 25.9 Å². The van der Waals surface area contributed by atoms with Crippen LogP contribution in [0.25, 0.3) is 0 Å². The Balaban J connectivity index is 1.67. The van der Waals surface area contributed by atoms with Crippen molar-refractivity contribution in [3.63, 3.8) is 0 Å². The minimum absolute atomic E-state index is 0.125. The maximum absolute atomic E-state index is 14.4. The van der Waals surface area contributed by atoms with Crippen molar-refractivity contribution in [1.82, 2.24) is 4.90 Å². The van der Waals surface area contributed by atoms with Crippen molar-refractivity contribution in [3.8, 4) is 0 Å². The molecule has 4 rings (SSSR count). The number of benzene rings is 3. The largest absolute Gasteiger partial charge is 0.394 e. The third kappa shape index (κ3) is 6.52. The van der Waals surface area contributed by atoms with Crippen molar-refractivity contribution in [1.29, 1.82) is 0 Å². The van der Waals surface area contributed by atoms with E-state index in [2.05, 4.69) is 0 Å². The summed E-state index contributed by atoms with van der Waals surface area (Å²) < 4.78 is 54.6. The average molecular weight is 536 g/mol. The summed E-state index contributed by atoms with van der Waals surface area (Å²) in [5, 5.41) is 19.9. The zero-order valence-electron chi connectivity index (χ0n) is 20.1. The van der Waals surface area contributed by atoms with Gasteiger partial charge in [0, 0.05) is 30.2 Å². The van der Waals surface area contributed by atoms with Gasteiger partial charge in [0.15, 0.2) is 17.5 Å². The first kappa shape index (κ1) is 27.6. The van der Waals surface area contributed by atoms with E-state index in [9.17, 15) is 23.4 Å². The van der Waals surface area contributed by atoms with Gasteiger partial charge in [-0.25, -0.2) is 13.2 Å². The van der Waals surface area contributed by atoms with Crippen LogP contribution in [-0.2, 0) is 28.3 Å². The Labute approximate surface area is 219 Å². The highest BCUT2D eigenvalue weighted by Gasteiger charge is 2.47. The molecule has 1 heterocycles. The molecule has 0 saturated carbocycles. The number of likely N-dealkylation sites (tertiary alicyclic amines) is 1. The lowest BCUT2D eigenvalue weighted by atomic mass is 9.81. The number of ether oxygens (including phenoxy) is 2. The molecule has 2 N–H and O–H groups in total. The summed E-state index contributed by atoms with van der Waals surface area (Å²) >= 11 is 6.15. The van der Waals surface area contributed by atoms with E-state index < -0.39 is 41.9 Å². The fourth-order valence-corrected chi connectivity index (χ4v) is 4.76. The van der Waals surface area contributed by atoms with Crippen LogP contribution in [0, 0.1) is 17.5 Å². The van der Waals surface area contributed by atoms with Crippen molar-refractivity contribution in [3.05, 3.63) is 106 Å². The van der Waals surface area contributed by atoms with Crippen molar-refractivity contribution in [2.45, 2.75) is 37.4 Å². The zero-order valence-corrected chi connectivity index (χ0v) is 20.9. The van der Waals surface area contributed by atoms with E-state index in [1.807, 2.05) is 47.4 Å². The lowest BCUT2D eigenvalue weighted by molar-refractivity contribution is -0.195. The molecule has 0 aromatic heterocycles. The molecule has 3 atom stereocenters. The second-order valence-electron chi connectivity index (χ2n) is 9.15. The van der Waals surface area contributed by atoms with Crippen molar-refractivity contribution < 1.29 is 32.9 Å². The minimum atomic E-state index is -1.55. The predicted octanol–water partition coefficient (Wildman–Crippen LogP) is 4.81. The molecule has 1 aliphatic rings. The molecule has 3 aromatic rings. The third-order valence-corrected chi connectivity index (χ3v) is 6.90. The molecule has 0 amide bonds. The standard InChI is InChI=1S/C28H29ClF3NO4/c29-22-9-7-21(8-10-22)28(37-17-19-4-2-1-3-5-19)12-13-33(14-23(35)16-34)15-25(28)36-18-20-6-11-24(30)27(32)26(20)31/h1-11,23,25,34-35H,12-18H2. The first-order chi connectivity index (χ1) is 17.8. The summed E-state index contributed by atoms with van der Waals surface area (Å²) in [5.74, 6) is -4.13. The highest BCUT2D eigenvalue weighted by Crippen LogP contribution is 2.40. The Morgan fingerprint density at radius 2 is 1.70 bits per heavy atom. The summed E-state index contributed by atoms with van der Waals surface area (Å²) in [5.41, 5.74) is 0.626. The summed E-state index contributed by atoms with van der Waals surface area (Å²) in [7, 11) is 0. The van der Waals surface area contributed by atoms with Gasteiger partial charge < -0.3 is 19.7 Å². The summed E-state index contributed by atoms with van der Waals surface area (Å²) in [6.45, 7) is 0.546. The molecule has 5 nitrogen and oxygen atoms in total. The van der Waals surface area contributed by atoms with Crippen LogP contribution in [0.15, 0.2) is 66.7 Å². The second kappa shape index (κ2) is 12.4. The van der Waals surface area contributed by atoms with Crippen LogP contribution in [0.4, 0.5) is 13.2 Å². The number of aliphatic hydroxyl groups excluding tert-OH is 2. The molecule has 1 aliphatic heterocycles. The molecule has 198 valence electrons. The average Bonchev–Trinajstić information content (AvgIpc) is 2.92. The van der Waals surface area contributed by atoms with Crippen LogP contribution in [0.1, 0.15) is 23.1 Å². The molecule has 0 radical (unpaired) electrons. The molecule has 0 aliphatic carbocycles. The van der Waals surface area contributed by atoms with Gasteiger partial charge in [-0.3, -0.25) is 4.90 Å². The summed E-state index contributed by atoms with van der Waals surface area (Å²) in [4.78, 5) is 1.92. The Bertz CT molecular complexity index is 1170. The van der Waals surface area contributed by atoms with E-state index in [0.717, 1.165) is 23.3 Å². The number of piperidine rings is 1. The Hall–Kier alpha value is -2.46. The van der Waals surface area contributed by atoms with E-state index in [4.69, 9.17) is 21.1 Å². The molecule has 1 saturated heterocycles. The van der Waals surface area contributed by atoms with Crippen molar-refractivity contribution in [2.75, 3.05) is 26.2 Å². The molecular formula is C28H29ClF3NO4. The minimum Gasteiger partial charge on any atom is -0.394 e. The summed E-state index contributed by atoms with van der Waals surface area (Å²) in [6, 6.07) is 18.8. The maximum atomic E-state index is 14.4. The van der Waals surface area contributed by atoms with Crippen LogP contribution in [-0.4, -0.2) is 53.6 Å². The first-order valence-corrected chi connectivity index (χ1v) is 12.4. The van der Waals surface area contributed by atoms with Gasteiger partial charge in [-0.2, -0.15) is 0 Å². The first-order valence-electron chi connectivity index (χ1n) is 12.0. The Morgan fingerprint density at radius 3 is 2.41 bits per heavy atom. The van der Waals surface area contributed by atoms with Gasteiger partial charge >= 0.3 is 0 Å². The second-order valence-corrected chi connectivity index (χ2v) is 9.59. The third-order valence-electron chi connectivity index (χ3n) is 6.65. The highest BCUT2D eigenvalue weighted by atomic mass is 35.5. The Morgan fingerprint density at radius 1 is 0.973 bits per heavy atom. The topological polar surface area (TPSA) is 62.2 Å². The van der Waals surface area contributed by atoms with Crippen LogP contribution in [0.2, 0.25) is 5.02 Å². The molecule has 0 bridgehead atoms. The van der Waals surface area contributed by atoms with Crippen molar-refractivity contribution >= 4 is 11.6 Å². The van der Waals surface area contributed by atoms with E-state index in [0.29, 0.717) is 18.0 Å². The fraction of sp³-hybridized carbons (Fsp3) is 0.357. The van der Waals surface area contributed by atoms with Gasteiger partial charge in [-0.1, -0.05) is 60.1 Å².